The molecule has 1 aliphatic carbocycles. The Morgan fingerprint density at radius 2 is 1.84 bits per heavy atom. The van der Waals surface area contributed by atoms with Crippen LogP contribution in [0.15, 0.2) is 82.2 Å². The minimum atomic E-state index is -0.264. The van der Waals surface area contributed by atoms with E-state index in [1.165, 1.54) is 18.6 Å². The zero-order chi connectivity index (χ0) is 25.8. The Hall–Kier alpha value is -2.77. The molecule has 2 aliphatic rings. The van der Waals surface area contributed by atoms with Gasteiger partial charge in [0.05, 0.1) is 9.38 Å². The lowest BCUT2D eigenvalue weighted by atomic mass is 9.85. The molecule has 1 aliphatic heterocycles. The predicted octanol–water partition coefficient (Wildman–Crippen LogP) is 8.06. The highest BCUT2D eigenvalue weighted by molar-refractivity contribution is 9.10. The maximum atomic E-state index is 13.7. The number of nitrogens with one attached hydrogen (secondary N) is 1. The Labute approximate surface area is 230 Å². The molecule has 1 saturated carbocycles. The van der Waals surface area contributed by atoms with Gasteiger partial charge in [0.1, 0.15) is 18.2 Å². The van der Waals surface area contributed by atoms with Crippen LogP contribution >= 0.6 is 27.7 Å². The molecule has 0 bridgehead atoms. The molecule has 1 N–H and O–H groups in total. The topological polar surface area (TPSA) is 41.6 Å². The molecule has 4 nitrogen and oxygen atoms in total. The molecular weight excluding hydrogens is 551 g/mol. The molecule has 1 heterocycles. The highest BCUT2D eigenvalue weighted by atomic mass is 79.9. The molecule has 37 heavy (non-hydrogen) atoms. The second kappa shape index (κ2) is 11.7. The van der Waals surface area contributed by atoms with E-state index in [2.05, 4.69) is 33.1 Å². The zero-order valence-electron chi connectivity index (χ0n) is 20.7. The van der Waals surface area contributed by atoms with Gasteiger partial charge in [0, 0.05) is 11.7 Å². The van der Waals surface area contributed by atoms with E-state index >= 15 is 0 Å². The molecule has 0 spiro atoms. The number of para-hydroxylation sites is 1. The Balaban J connectivity index is 1.34. The first-order valence-electron chi connectivity index (χ1n) is 12.7. The third-order valence-corrected chi connectivity index (χ3v) is 8.72. The molecular formula is C30H30BrFN2O2S. The van der Waals surface area contributed by atoms with Gasteiger partial charge in [-0.2, -0.15) is 0 Å². The van der Waals surface area contributed by atoms with E-state index < -0.39 is 0 Å². The smallest absolute Gasteiger partial charge is 0.262 e. The summed E-state index contributed by atoms with van der Waals surface area (Å²) in [7, 11) is 0. The van der Waals surface area contributed by atoms with Gasteiger partial charge in [-0.1, -0.05) is 67.9 Å². The maximum absolute atomic E-state index is 13.7. The summed E-state index contributed by atoms with van der Waals surface area (Å²) < 4.78 is 19.9. The number of carbonyl (C=O) groups is 1. The SMILES string of the molecule is C[C@H]1CCCC[C@@H]1N1C(=O)/C(=C/c2ccc(OCc3ccc(F)cc3)c(Br)c2)SC1Nc1ccccc1. The minimum absolute atomic E-state index is 0.0879. The third kappa shape index (κ3) is 6.21. The second-order valence-electron chi connectivity index (χ2n) is 9.64. The lowest BCUT2D eigenvalue weighted by Gasteiger charge is -2.39. The summed E-state index contributed by atoms with van der Waals surface area (Å²) in [6.07, 6.45) is 6.55. The average Bonchev–Trinajstić information content (AvgIpc) is 3.19. The van der Waals surface area contributed by atoms with Crippen molar-refractivity contribution in [2.45, 2.75) is 50.8 Å². The number of amides is 1. The number of rotatable bonds is 7. The van der Waals surface area contributed by atoms with Gasteiger partial charge in [-0.15, -0.1) is 0 Å². The summed E-state index contributed by atoms with van der Waals surface area (Å²) in [5, 5.41) is 3.59. The van der Waals surface area contributed by atoms with Gasteiger partial charge in [0.15, 0.2) is 5.50 Å². The van der Waals surface area contributed by atoms with Gasteiger partial charge in [0.2, 0.25) is 0 Å². The van der Waals surface area contributed by atoms with Gasteiger partial charge < -0.3 is 15.0 Å². The van der Waals surface area contributed by atoms with Crippen LogP contribution in [0.2, 0.25) is 0 Å². The Kier molecular flexibility index (Phi) is 8.20. The molecule has 1 amide bonds. The summed E-state index contributed by atoms with van der Waals surface area (Å²) in [4.78, 5) is 16.5. The summed E-state index contributed by atoms with van der Waals surface area (Å²) in [5.74, 6) is 0.992. The van der Waals surface area contributed by atoms with Crippen LogP contribution in [0, 0.1) is 11.7 Å². The Morgan fingerprint density at radius 3 is 2.57 bits per heavy atom. The van der Waals surface area contributed by atoms with Crippen molar-refractivity contribution in [3.05, 3.63) is 99.1 Å². The number of hydrogen-bond acceptors (Lipinski definition) is 4. The Morgan fingerprint density at radius 1 is 1.08 bits per heavy atom. The largest absolute Gasteiger partial charge is 0.488 e. The summed E-state index contributed by atoms with van der Waals surface area (Å²) in [5.41, 5.74) is 2.68. The van der Waals surface area contributed by atoms with Crippen molar-refractivity contribution in [2.24, 2.45) is 5.92 Å². The molecule has 0 aromatic heterocycles. The van der Waals surface area contributed by atoms with Crippen molar-refractivity contribution in [1.82, 2.24) is 4.90 Å². The first-order chi connectivity index (χ1) is 18.0. The van der Waals surface area contributed by atoms with E-state index in [4.69, 9.17) is 4.74 Å². The van der Waals surface area contributed by atoms with Crippen molar-refractivity contribution in [2.75, 3.05) is 5.32 Å². The molecule has 2 fully saturated rings. The lowest BCUT2D eigenvalue weighted by molar-refractivity contribution is -0.129. The molecule has 3 atom stereocenters. The zero-order valence-corrected chi connectivity index (χ0v) is 23.1. The first-order valence-corrected chi connectivity index (χ1v) is 14.3. The third-order valence-electron chi connectivity index (χ3n) is 6.99. The monoisotopic (exact) mass is 580 g/mol. The van der Waals surface area contributed by atoms with Crippen LogP contribution in [0.1, 0.15) is 43.7 Å². The number of hydrogen-bond donors (Lipinski definition) is 1. The van der Waals surface area contributed by atoms with Gasteiger partial charge in [-0.25, -0.2) is 4.39 Å². The van der Waals surface area contributed by atoms with Crippen LogP contribution in [0.4, 0.5) is 10.1 Å². The lowest BCUT2D eigenvalue weighted by Crippen LogP contribution is -2.48. The van der Waals surface area contributed by atoms with E-state index in [1.54, 1.807) is 23.9 Å². The summed E-state index contributed by atoms with van der Waals surface area (Å²) in [6.45, 7) is 2.61. The molecule has 5 rings (SSSR count). The van der Waals surface area contributed by atoms with Gasteiger partial charge in [0.25, 0.3) is 5.91 Å². The number of anilines is 1. The van der Waals surface area contributed by atoms with Gasteiger partial charge in [-0.3, -0.25) is 4.79 Å². The molecule has 7 heteroatoms. The second-order valence-corrected chi connectivity index (χ2v) is 11.6. The molecule has 0 radical (unpaired) electrons. The van der Waals surface area contributed by atoms with Gasteiger partial charge >= 0.3 is 0 Å². The number of halogens is 2. The number of nitrogens with zero attached hydrogens (tertiary/aromatic N) is 1. The van der Waals surface area contributed by atoms with Crippen molar-refractivity contribution in [1.29, 1.82) is 0 Å². The number of ether oxygens (including phenoxy) is 1. The number of benzene rings is 3. The van der Waals surface area contributed by atoms with Gasteiger partial charge in [-0.05, 0) is 88.3 Å². The van der Waals surface area contributed by atoms with Crippen LogP contribution in [0.25, 0.3) is 6.08 Å². The van der Waals surface area contributed by atoms with Crippen LogP contribution < -0.4 is 10.1 Å². The fraction of sp³-hybridized carbons (Fsp3) is 0.300. The molecule has 192 valence electrons. The quantitative estimate of drug-likeness (QED) is 0.287. The fourth-order valence-corrected chi connectivity index (χ4v) is 6.71. The van der Waals surface area contributed by atoms with Crippen molar-refractivity contribution < 1.29 is 13.9 Å². The fourth-order valence-electron chi connectivity index (χ4n) is 4.98. The standard InChI is InChI=1S/C30H30BrFN2O2S/c1-20-7-5-6-10-26(20)34-29(35)28(37-30(34)33-24-8-3-2-4-9-24)18-22-13-16-27(25(31)17-22)36-19-21-11-14-23(32)15-12-21/h2-4,8-9,11-18,20,26,30,33H,5-7,10,19H2,1H3/b28-18-/t20-,26-,30?/m0/s1. The first kappa shape index (κ1) is 25.9. The number of thioether (sulfide) groups is 1. The Bertz CT molecular complexity index is 1270. The molecule has 1 saturated heterocycles. The predicted molar refractivity (Wildman–Crippen MR) is 153 cm³/mol. The van der Waals surface area contributed by atoms with E-state index in [9.17, 15) is 9.18 Å². The normalized spacial score (nSPS) is 22.9. The van der Waals surface area contributed by atoms with Crippen LogP contribution in [-0.2, 0) is 11.4 Å². The van der Waals surface area contributed by atoms with Crippen molar-refractivity contribution in [3.8, 4) is 5.75 Å². The highest BCUT2D eigenvalue weighted by Gasteiger charge is 2.42. The molecule has 1 unspecified atom stereocenters. The van der Waals surface area contributed by atoms with Crippen LogP contribution in [0.3, 0.4) is 0 Å². The van der Waals surface area contributed by atoms with E-state index in [0.717, 1.165) is 45.5 Å². The van der Waals surface area contributed by atoms with Crippen LogP contribution in [0.5, 0.6) is 5.75 Å². The van der Waals surface area contributed by atoms with E-state index in [-0.39, 0.29) is 23.3 Å². The summed E-state index contributed by atoms with van der Waals surface area (Å²) >= 11 is 5.19. The van der Waals surface area contributed by atoms with E-state index in [1.807, 2.05) is 54.6 Å². The maximum Gasteiger partial charge on any atom is 0.262 e. The van der Waals surface area contributed by atoms with Crippen molar-refractivity contribution >= 4 is 45.4 Å². The minimum Gasteiger partial charge on any atom is -0.488 e. The number of carbonyl (C=O) groups excluding carboxylic acids is 1. The van der Waals surface area contributed by atoms with Crippen LogP contribution in [-0.4, -0.2) is 22.3 Å². The molecule has 3 aromatic rings. The van der Waals surface area contributed by atoms with Crippen molar-refractivity contribution in [3.63, 3.8) is 0 Å². The molecule has 3 aromatic carbocycles. The average molecular weight is 582 g/mol. The highest BCUT2D eigenvalue weighted by Crippen LogP contribution is 2.42. The van der Waals surface area contributed by atoms with E-state index in [0.29, 0.717) is 18.3 Å². The summed E-state index contributed by atoms with van der Waals surface area (Å²) in [6, 6.07) is 22.4.